The lowest BCUT2D eigenvalue weighted by atomic mass is 10.1. The summed E-state index contributed by atoms with van der Waals surface area (Å²) in [6.45, 7) is -0.169. The van der Waals surface area contributed by atoms with Gasteiger partial charge in [-0.05, 0) is 31.4 Å². The SMILES string of the molecule is N#CCOC(=O)C1CCCCN1S(=O)(=O)c1cccc2nsnc12. The number of nitrogens with zero attached hydrogens (tertiary/aromatic N) is 4. The molecule has 0 amide bonds. The van der Waals surface area contributed by atoms with Crippen molar-refractivity contribution < 1.29 is 17.9 Å². The maximum Gasteiger partial charge on any atom is 0.325 e. The van der Waals surface area contributed by atoms with Crippen LogP contribution in [0.2, 0.25) is 0 Å². The Balaban J connectivity index is 1.99. The van der Waals surface area contributed by atoms with Gasteiger partial charge in [-0.1, -0.05) is 6.07 Å². The maximum atomic E-state index is 13.1. The first kappa shape index (κ1) is 16.8. The molecule has 2 aromatic rings. The third-order valence-corrected chi connectivity index (χ3v) is 6.32. The summed E-state index contributed by atoms with van der Waals surface area (Å²) in [5, 5.41) is 8.54. The second-order valence-electron chi connectivity index (χ2n) is 5.28. The van der Waals surface area contributed by atoms with Crippen LogP contribution >= 0.6 is 11.7 Å². The van der Waals surface area contributed by atoms with Crippen LogP contribution in [0.25, 0.3) is 11.0 Å². The van der Waals surface area contributed by atoms with Crippen LogP contribution in [0.1, 0.15) is 19.3 Å². The largest absolute Gasteiger partial charge is 0.449 e. The second kappa shape index (κ2) is 6.80. The molecule has 1 aromatic carbocycles. The molecule has 1 fully saturated rings. The lowest BCUT2D eigenvalue weighted by molar-refractivity contribution is -0.147. The van der Waals surface area contributed by atoms with Gasteiger partial charge in [0.05, 0.1) is 11.7 Å². The molecule has 1 atom stereocenters. The van der Waals surface area contributed by atoms with E-state index < -0.39 is 28.6 Å². The average Bonchev–Trinajstić information content (AvgIpc) is 3.08. The quantitative estimate of drug-likeness (QED) is 0.749. The zero-order chi connectivity index (χ0) is 17.2. The van der Waals surface area contributed by atoms with E-state index in [0.29, 0.717) is 23.9 Å². The van der Waals surface area contributed by atoms with Crippen molar-refractivity contribution in [2.24, 2.45) is 0 Å². The summed E-state index contributed by atoms with van der Waals surface area (Å²) in [4.78, 5) is 12.2. The Kier molecular flexibility index (Phi) is 4.75. The molecule has 0 bridgehead atoms. The van der Waals surface area contributed by atoms with Crippen molar-refractivity contribution in [3.05, 3.63) is 18.2 Å². The van der Waals surface area contributed by atoms with Crippen LogP contribution in [0.4, 0.5) is 0 Å². The smallest absolute Gasteiger partial charge is 0.325 e. The number of ether oxygens (including phenoxy) is 1. The summed E-state index contributed by atoms with van der Waals surface area (Å²) in [6.07, 6.45) is 1.75. The van der Waals surface area contributed by atoms with Gasteiger partial charge in [0.1, 0.15) is 28.0 Å². The van der Waals surface area contributed by atoms with E-state index >= 15 is 0 Å². The minimum Gasteiger partial charge on any atom is -0.449 e. The fourth-order valence-corrected chi connectivity index (χ4v) is 5.14. The first-order valence-corrected chi connectivity index (χ1v) is 9.49. The van der Waals surface area contributed by atoms with Gasteiger partial charge in [0, 0.05) is 6.54 Å². The lowest BCUT2D eigenvalue weighted by Gasteiger charge is -2.32. The van der Waals surface area contributed by atoms with E-state index in [1.807, 2.05) is 0 Å². The topological polar surface area (TPSA) is 113 Å². The van der Waals surface area contributed by atoms with Crippen molar-refractivity contribution in [1.82, 2.24) is 13.1 Å². The van der Waals surface area contributed by atoms with Gasteiger partial charge in [0.15, 0.2) is 6.61 Å². The molecule has 1 aliphatic rings. The highest BCUT2D eigenvalue weighted by Crippen LogP contribution is 2.29. The maximum absolute atomic E-state index is 13.1. The zero-order valence-electron chi connectivity index (χ0n) is 12.6. The Morgan fingerprint density at radius 2 is 2.25 bits per heavy atom. The molecule has 3 rings (SSSR count). The number of nitriles is 1. The molecule has 126 valence electrons. The monoisotopic (exact) mass is 366 g/mol. The van der Waals surface area contributed by atoms with Gasteiger partial charge >= 0.3 is 5.97 Å². The van der Waals surface area contributed by atoms with Crippen LogP contribution in [0.3, 0.4) is 0 Å². The van der Waals surface area contributed by atoms with E-state index in [9.17, 15) is 13.2 Å². The molecule has 0 saturated carbocycles. The van der Waals surface area contributed by atoms with Gasteiger partial charge < -0.3 is 4.74 Å². The van der Waals surface area contributed by atoms with Crippen molar-refractivity contribution in [2.45, 2.75) is 30.2 Å². The molecule has 1 aromatic heterocycles. The van der Waals surface area contributed by atoms with Gasteiger partial charge in [-0.25, -0.2) is 8.42 Å². The van der Waals surface area contributed by atoms with Crippen molar-refractivity contribution in [3.8, 4) is 6.07 Å². The van der Waals surface area contributed by atoms with Crippen molar-refractivity contribution in [3.63, 3.8) is 0 Å². The number of carbonyl (C=O) groups is 1. The minimum atomic E-state index is -3.92. The average molecular weight is 366 g/mol. The highest BCUT2D eigenvalue weighted by molar-refractivity contribution is 7.89. The van der Waals surface area contributed by atoms with E-state index in [-0.39, 0.29) is 11.4 Å². The highest BCUT2D eigenvalue weighted by Gasteiger charge is 2.39. The lowest BCUT2D eigenvalue weighted by Crippen LogP contribution is -2.48. The first-order valence-electron chi connectivity index (χ1n) is 7.32. The van der Waals surface area contributed by atoms with E-state index in [2.05, 4.69) is 8.75 Å². The Morgan fingerprint density at radius 3 is 3.04 bits per heavy atom. The third-order valence-electron chi connectivity index (χ3n) is 3.84. The van der Waals surface area contributed by atoms with Gasteiger partial charge in [-0.3, -0.25) is 4.79 Å². The molecule has 0 radical (unpaired) electrons. The molecule has 0 spiro atoms. The minimum absolute atomic E-state index is 0.0359. The number of esters is 1. The first-order chi connectivity index (χ1) is 11.6. The zero-order valence-corrected chi connectivity index (χ0v) is 14.2. The molecule has 1 unspecified atom stereocenters. The normalized spacial score (nSPS) is 19.0. The summed E-state index contributed by atoms with van der Waals surface area (Å²) in [5.74, 6) is -0.691. The molecule has 10 heteroatoms. The third kappa shape index (κ3) is 2.98. The number of rotatable bonds is 4. The number of benzene rings is 1. The van der Waals surface area contributed by atoms with Crippen molar-refractivity contribution in [1.29, 1.82) is 5.26 Å². The van der Waals surface area contributed by atoms with Gasteiger partial charge in [-0.2, -0.15) is 18.3 Å². The number of sulfonamides is 1. The molecule has 1 aliphatic heterocycles. The van der Waals surface area contributed by atoms with Crippen LogP contribution in [-0.2, 0) is 19.6 Å². The Labute approximate surface area is 143 Å². The summed E-state index contributed by atoms with van der Waals surface area (Å²) in [6, 6.07) is 5.55. The number of piperidine rings is 1. The molecule has 24 heavy (non-hydrogen) atoms. The Morgan fingerprint density at radius 1 is 1.42 bits per heavy atom. The van der Waals surface area contributed by atoms with Crippen LogP contribution in [-0.4, -0.2) is 46.6 Å². The molecule has 0 aliphatic carbocycles. The summed E-state index contributed by atoms with van der Waals surface area (Å²) < 4.78 is 40.3. The van der Waals surface area contributed by atoms with Crippen LogP contribution in [0, 0.1) is 11.3 Å². The second-order valence-corrected chi connectivity index (χ2v) is 7.67. The summed E-state index contributed by atoms with van der Waals surface area (Å²) in [5.41, 5.74) is 0.805. The van der Waals surface area contributed by atoms with Gasteiger partial charge in [0.2, 0.25) is 10.0 Å². The number of fused-ring (bicyclic) bond motifs is 1. The predicted molar refractivity (Wildman–Crippen MR) is 85.5 cm³/mol. The molecular formula is C14H14N4O4S2. The Hall–Kier alpha value is -2.09. The van der Waals surface area contributed by atoms with E-state index in [1.165, 1.54) is 6.07 Å². The van der Waals surface area contributed by atoms with E-state index in [4.69, 9.17) is 10.00 Å². The fourth-order valence-electron chi connectivity index (χ4n) is 2.74. The van der Waals surface area contributed by atoms with Crippen LogP contribution in [0.5, 0.6) is 0 Å². The van der Waals surface area contributed by atoms with E-state index in [1.54, 1.807) is 18.2 Å². The van der Waals surface area contributed by atoms with Crippen LogP contribution in [0.15, 0.2) is 23.1 Å². The van der Waals surface area contributed by atoms with Gasteiger partial charge in [0.25, 0.3) is 0 Å². The van der Waals surface area contributed by atoms with Crippen molar-refractivity contribution >= 4 is 38.8 Å². The standard InChI is InChI=1S/C14H14N4O4S2/c15-7-9-22-14(19)11-5-1-2-8-18(11)24(20,21)12-6-3-4-10-13(12)17-23-16-10/h3-4,6,11H,1-2,5,8-9H2. The fraction of sp³-hybridized carbons (Fsp3) is 0.429. The summed E-state index contributed by atoms with van der Waals surface area (Å²) in [7, 11) is -3.92. The number of aromatic nitrogens is 2. The summed E-state index contributed by atoms with van der Waals surface area (Å²) >= 11 is 0.937. The molecule has 1 saturated heterocycles. The van der Waals surface area contributed by atoms with Crippen LogP contribution < -0.4 is 0 Å². The molecule has 2 heterocycles. The van der Waals surface area contributed by atoms with Crippen molar-refractivity contribution in [2.75, 3.05) is 13.2 Å². The Bertz CT molecular complexity index is 903. The molecule has 0 N–H and O–H groups in total. The number of hydrogen-bond acceptors (Lipinski definition) is 8. The predicted octanol–water partition coefficient (Wildman–Crippen LogP) is 1.30. The highest BCUT2D eigenvalue weighted by atomic mass is 32.2. The molecular weight excluding hydrogens is 352 g/mol. The van der Waals surface area contributed by atoms with Gasteiger partial charge in [-0.15, -0.1) is 0 Å². The number of carbonyl (C=O) groups excluding carboxylic acids is 1. The number of hydrogen-bond donors (Lipinski definition) is 0. The molecule has 8 nitrogen and oxygen atoms in total. The van der Waals surface area contributed by atoms with E-state index in [0.717, 1.165) is 22.5 Å².